The summed E-state index contributed by atoms with van der Waals surface area (Å²) in [4.78, 5) is 36.3. The number of benzene rings is 2. The predicted octanol–water partition coefficient (Wildman–Crippen LogP) is 0.541. The van der Waals surface area contributed by atoms with Gasteiger partial charge >= 0.3 is 29.6 Å². The molecule has 3 aromatic rings. The molecule has 0 radical (unpaired) electrons. The molecule has 1 amide bonds. The van der Waals surface area contributed by atoms with Gasteiger partial charge in [-0.2, -0.15) is 0 Å². The second-order valence-electron chi connectivity index (χ2n) is 5.75. The van der Waals surface area contributed by atoms with Crippen molar-refractivity contribution < 1.29 is 53.6 Å². The smallest absolute Gasteiger partial charge is 0.543 e. The molecular formula is C18H9Cl2FN3NaO5. The van der Waals surface area contributed by atoms with E-state index in [-0.39, 0.29) is 56.5 Å². The zero-order valence-corrected chi connectivity index (χ0v) is 18.7. The van der Waals surface area contributed by atoms with Crippen LogP contribution < -0.4 is 40.0 Å². The number of aromatic carboxylic acids is 1. The van der Waals surface area contributed by atoms with E-state index in [4.69, 9.17) is 23.2 Å². The molecule has 12 heteroatoms. The van der Waals surface area contributed by atoms with Crippen LogP contribution >= 0.6 is 23.2 Å². The zero-order chi connectivity index (χ0) is 21.3. The van der Waals surface area contributed by atoms with E-state index in [1.165, 1.54) is 12.1 Å². The zero-order valence-electron chi connectivity index (χ0n) is 15.2. The standard InChI is InChI=1S/C18H10Cl2FN3O5.Na/c19-8-5-11(20)16-10(17(18(26)27)23-13(16)6-8)2-4-15(25)22-12-3-1-9(21)7-14(12)24(28)29;/h1-7,23H,(H,22,25)(H,26,27);/q;+1/p-1/b4-2+;. The van der Waals surface area contributed by atoms with Crippen LogP contribution in [0.3, 0.4) is 0 Å². The Morgan fingerprint density at radius 2 is 1.90 bits per heavy atom. The van der Waals surface area contributed by atoms with Crippen LogP contribution in [-0.4, -0.2) is 21.8 Å². The molecule has 2 aromatic carbocycles. The van der Waals surface area contributed by atoms with Crippen LogP contribution in [-0.2, 0) is 4.79 Å². The maximum Gasteiger partial charge on any atom is 1.00 e. The number of anilines is 1. The largest absolute Gasteiger partial charge is 1.00 e. The fourth-order valence-electron chi connectivity index (χ4n) is 2.70. The number of hydrogen-bond acceptors (Lipinski definition) is 5. The van der Waals surface area contributed by atoms with Crippen LogP contribution in [0.2, 0.25) is 10.0 Å². The molecule has 148 valence electrons. The summed E-state index contributed by atoms with van der Waals surface area (Å²) in [5, 5.41) is 25.4. The predicted molar refractivity (Wildman–Crippen MR) is 103 cm³/mol. The van der Waals surface area contributed by atoms with Crippen molar-refractivity contribution >= 4 is 63.4 Å². The van der Waals surface area contributed by atoms with Crippen molar-refractivity contribution in [3.05, 3.63) is 73.6 Å². The van der Waals surface area contributed by atoms with Crippen LogP contribution in [0.25, 0.3) is 17.0 Å². The van der Waals surface area contributed by atoms with Gasteiger partial charge in [0, 0.05) is 27.6 Å². The average Bonchev–Trinajstić information content (AvgIpc) is 3.00. The number of nitrogens with zero attached hydrogens (tertiary/aromatic N) is 1. The van der Waals surface area contributed by atoms with Gasteiger partial charge in [0.25, 0.3) is 5.69 Å². The number of aromatic amines is 1. The van der Waals surface area contributed by atoms with Gasteiger partial charge in [-0.15, -0.1) is 0 Å². The van der Waals surface area contributed by atoms with Gasteiger partial charge in [-0.05, 0) is 30.3 Å². The van der Waals surface area contributed by atoms with Crippen molar-refractivity contribution in [2.45, 2.75) is 0 Å². The van der Waals surface area contributed by atoms with E-state index in [9.17, 15) is 29.2 Å². The number of nitro groups is 1. The number of hydrogen-bond donors (Lipinski definition) is 2. The van der Waals surface area contributed by atoms with Gasteiger partial charge in [0.05, 0.1) is 27.7 Å². The number of halogens is 3. The SMILES string of the molecule is O=C(/C=C/c1c(C(=O)[O-])[nH]c2cc(Cl)cc(Cl)c12)Nc1ccc(F)cc1[N+](=O)[O-].[Na+]. The molecule has 0 aliphatic carbocycles. The van der Waals surface area contributed by atoms with Gasteiger partial charge in [0.1, 0.15) is 11.5 Å². The van der Waals surface area contributed by atoms with Crippen LogP contribution in [0.1, 0.15) is 16.1 Å². The van der Waals surface area contributed by atoms with Crippen molar-refractivity contribution in [2.24, 2.45) is 0 Å². The second kappa shape index (κ2) is 9.59. The van der Waals surface area contributed by atoms with E-state index in [0.717, 1.165) is 24.3 Å². The quantitative estimate of drug-likeness (QED) is 0.249. The number of fused-ring (bicyclic) bond motifs is 1. The number of carboxylic acids is 1. The number of nitrogens with one attached hydrogen (secondary N) is 2. The number of carbonyl (C=O) groups is 2. The van der Waals surface area contributed by atoms with Crippen molar-refractivity contribution in [3.63, 3.8) is 0 Å². The summed E-state index contributed by atoms with van der Waals surface area (Å²) < 4.78 is 13.2. The first kappa shape index (κ1) is 23.8. The number of H-pyrrole nitrogens is 1. The second-order valence-corrected chi connectivity index (χ2v) is 6.60. The minimum Gasteiger partial charge on any atom is -0.543 e. The summed E-state index contributed by atoms with van der Waals surface area (Å²) >= 11 is 12.0. The van der Waals surface area contributed by atoms with Crippen molar-refractivity contribution in [3.8, 4) is 0 Å². The molecule has 8 nitrogen and oxygen atoms in total. The Morgan fingerprint density at radius 1 is 1.20 bits per heavy atom. The van der Waals surface area contributed by atoms with Gasteiger partial charge in [0.2, 0.25) is 5.91 Å². The average molecular weight is 460 g/mol. The summed E-state index contributed by atoms with van der Waals surface area (Å²) in [7, 11) is 0. The Morgan fingerprint density at radius 3 is 2.53 bits per heavy atom. The van der Waals surface area contributed by atoms with E-state index in [1.54, 1.807) is 0 Å². The minimum absolute atomic E-state index is 0. The minimum atomic E-state index is -1.54. The van der Waals surface area contributed by atoms with E-state index >= 15 is 0 Å². The normalized spacial score (nSPS) is 10.8. The third-order valence-electron chi connectivity index (χ3n) is 3.87. The molecule has 0 saturated carbocycles. The molecule has 0 bridgehead atoms. The summed E-state index contributed by atoms with van der Waals surface area (Å²) in [6, 6.07) is 5.50. The molecule has 0 saturated heterocycles. The number of nitro benzene ring substituents is 1. The summed E-state index contributed by atoms with van der Waals surface area (Å²) in [6.07, 6.45) is 2.11. The van der Waals surface area contributed by atoms with Gasteiger partial charge in [0.15, 0.2) is 0 Å². The number of amides is 1. The molecule has 0 spiro atoms. The fourth-order valence-corrected chi connectivity index (χ4v) is 3.29. The first-order valence-corrected chi connectivity index (χ1v) is 8.58. The van der Waals surface area contributed by atoms with Crippen LogP contribution in [0.5, 0.6) is 0 Å². The van der Waals surface area contributed by atoms with Crippen LogP contribution in [0.4, 0.5) is 15.8 Å². The Balaban J connectivity index is 0.00000320. The Labute approximate surface area is 200 Å². The summed E-state index contributed by atoms with van der Waals surface area (Å²) in [5.41, 5.74) is -0.816. The van der Waals surface area contributed by atoms with Crippen LogP contribution in [0, 0.1) is 15.9 Å². The first-order chi connectivity index (χ1) is 13.7. The topological polar surface area (TPSA) is 128 Å². The Kier molecular flexibility index (Phi) is 7.62. The molecule has 3 rings (SSSR count). The molecule has 1 heterocycles. The third kappa shape index (κ3) is 5.00. The molecule has 0 atom stereocenters. The van der Waals surface area contributed by atoms with Gasteiger partial charge in [-0.3, -0.25) is 14.9 Å². The molecule has 1 aromatic heterocycles. The van der Waals surface area contributed by atoms with E-state index in [1.807, 2.05) is 0 Å². The fraction of sp³-hybridized carbons (Fsp3) is 0. The summed E-state index contributed by atoms with van der Waals surface area (Å²) in [5.74, 6) is -3.19. The molecule has 30 heavy (non-hydrogen) atoms. The first-order valence-electron chi connectivity index (χ1n) is 7.82. The van der Waals surface area contributed by atoms with Gasteiger partial charge in [-0.25, -0.2) is 4.39 Å². The third-order valence-corrected chi connectivity index (χ3v) is 4.39. The van der Waals surface area contributed by atoms with Crippen molar-refractivity contribution in [2.75, 3.05) is 5.32 Å². The molecular weight excluding hydrogens is 451 g/mol. The molecule has 0 aliphatic heterocycles. The maximum absolute atomic E-state index is 13.2. The molecule has 0 unspecified atom stereocenters. The number of carboxylic acid groups (broad SMARTS) is 1. The Hall–Kier alpha value is -2.43. The van der Waals surface area contributed by atoms with E-state index in [0.29, 0.717) is 17.0 Å². The number of aromatic nitrogens is 1. The van der Waals surface area contributed by atoms with Crippen molar-refractivity contribution in [1.29, 1.82) is 0 Å². The molecule has 2 N–H and O–H groups in total. The van der Waals surface area contributed by atoms with E-state index in [2.05, 4.69) is 10.3 Å². The molecule has 0 fully saturated rings. The number of rotatable bonds is 5. The monoisotopic (exact) mass is 459 g/mol. The Bertz CT molecular complexity index is 1210. The van der Waals surface area contributed by atoms with Crippen LogP contribution in [0.15, 0.2) is 36.4 Å². The molecule has 0 aliphatic rings. The number of carbonyl (C=O) groups excluding carboxylic acids is 2. The van der Waals surface area contributed by atoms with E-state index < -0.39 is 28.3 Å². The maximum atomic E-state index is 13.2. The van der Waals surface area contributed by atoms with Gasteiger partial charge < -0.3 is 20.2 Å². The van der Waals surface area contributed by atoms with Gasteiger partial charge in [-0.1, -0.05) is 23.2 Å². The summed E-state index contributed by atoms with van der Waals surface area (Å²) in [6.45, 7) is 0. The van der Waals surface area contributed by atoms with Crippen molar-refractivity contribution in [1.82, 2.24) is 4.98 Å².